The number of rotatable bonds is 11. The fourth-order valence-electron chi connectivity index (χ4n) is 3.45. The van der Waals surface area contributed by atoms with E-state index in [1.165, 1.54) is 4.88 Å². The molecule has 1 aliphatic rings. The summed E-state index contributed by atoms with van der Waals surface area (Å²) in [5.74, 6) is 1.31. The van der Waals surface area contributed by atoms with E-state index in [-0.39, 0.29) is 30.6 Å². The molecule has 6 nitrogen and oxygen atoms in total. The van der Waals surface area contributed by atoms with Crippen LogP contribution in [0.15, 0.2) is 22.5 Å². The molecule has 2 heterocycles. The quantitative estimate of drug-likeness (QED) is 0.236. The number of hydrogen-bond donors (Lipinski definition) is 3. The molecule has 0 radical (unpaired) electrons. The first-order chi connectivity index (χ1) is 13.3. The Kier molecular flexibility index (Phi) is 14.1. The fraction of sp³-hybridized carbons (Fsp3) is 0.750. The van der Waals surface area contributed by atoms with Crippen LogP contribution in [0.5, 0.6) is 0 Å². The smallest absolute Gasteiger partial charge is 0.191 e. The van der Waals surface area contributed by atoms with Crippen LogP contribution in [-0.4, -0.2) is 68.5 Å². The van der Waals surface area contributed by atoms with Crippen LogP contribution in [0.1, 0.15) is 44.0 Å². The molecule has 1 aromatic rings. The average molecular weight is 525 g/mol. The van der Waals surface area contributed by atoms with Gasteiger partial charge in [-0.2, -0.15) is 0 Å². The average Bonchev–Trinajstić information content (AvgIpc) is 3.21. The van der Waals surface area contributed by atoms with Crippen molar-refractivity contribution in [3.8, 4) is 0 Å². The van der Waals surface area contributed by atoms with E-state index in [0.717, 1.165) is 71.2 Å². The van der Waals surface area contributed by atoms with Crippen molar-refractivity contribution in [2.75, 3.05) is 52.5 Å². The lowest BCUT2D eigenvalue weighted by atomic mass is 10.0. The standard InChI is InChI=1S/C20H36N4O2S.HI/c1-3-6-17(8-11-25)15-22-20(21-4-2)23-16-18(19-7-5-14-27-19)24-9-12-26-13-10-24;/h5,7,14,17-18,25H,3-4,6,8-13,15-16H2,1-2H3,(H2,21,22,23);1H. The Labute approximate surface area is 191 Å². The lowest BCUT2D eigenvalue weighted by molar-refractivity contribution is 0.0177. The molecular weight excluding hydrogens is 487 g/mol. The normalized spacial score (nSPS) is 17.6. The highest BCUT2D eigenvalue weighted by Gasteiger charge is 2.23. The van der Waals surface area contributed by atoms with Gasteiger partial charge in [0.05, 0.1) is 19.3 Å². The summed E-state index contributed by atoms with van der Waals surface area (Å²) in [6, 6.07) is 4.67. The molecule has 2 unspecified atom stereocenters. The van der Waals surface area contributed by atoms with E-state index in [1.807, 2.05) is 11.3 Å². The number of nitrogens with zero attached hydrogens (tertiary/aromatic N) is 2. The highest BCUT2D eigenvalue weighted by Crippen LogP contribution is 2.25. The summed E-state index contributed by atoms with van der Waals surface area (Å²) < 4.78 is 5.53. The Balaban J connectivity index is 0.00000392. The van der Waals surface area contributed by atoms with Crippen molar-refractivity contribution in [2.24, 2.45) is 10.9 Å². The van der Waals surface area contributed by atoms with Gasteiger partial charge in [0.2, 0.25) is 0 Å². The number of morpholine rings is 1. The van der Waals surface area contributed by atoms with Gasteiger partial charge >= 0.3 is 0 Å². The minimum absolute atomic E-state index is 0. The number of aliphatic imine (C=N–C) groups is 1. The molecule has 1 aliphatic heterocycles. The third-order valence-corrected chi connectivity index (χ3v) is 5.88. The Hall–Kier alpha value is -0.420. The van der Waals surface area contributed by atoms with Gasteiger partial charge in [-0.05, 0) is 37.1 Å². The van der Waals surface area contributed by atoms with Crippen LogP contribution in [0.4, 0.5) is 0 Å². The summed E-state index contributed by atoms with van der Waals surface area (Å²) in [5.41, 5.74) is 0. The molecule has 8 heteroatoms. The van der Waals surface area contributed by atoms with Crippen LogP contribution in [0.2, 0.25) is 0 Å². The van der Waals surface area contributed by atoms with Gasteiger partial charge in [-0.3, -0.25) is 9.89 Å². The monoisotopic (exact) mass is 524 g/mol. The molecule has 0 saturated carbocycles. The molecule has 3 N–H and O–H groups in total. The number of halogens is 1. The molecule has 1 saturated heterocycles. The van der Waals surface area contributed by atoms with Crippen molar-refractivity contribution in [1.82, 2.24) is 15.5 Å². The maximum absolute atomic E-state index is 9.26. The molecule has 2 rings (SSSR count). The molecular formula is C20H37IN4O2S. The Morgan fingerprint density at radius 1 is 1.29 bits per heavy atom. The number of aliphatic hydroxyl groups excluding tert-OH is 1. The van der Waals surface area contributed by atoms with E-state index in [9.17, 15) is 5.11 Å². The van der Waals surface area contributed by atoms with Crippen molar-refractivity contribution >= 4 is 41.3 Å². The van der Waals surface area contributed by atoms with Crippen LogP contribution in [0.3, 0.4) is 0 Å². The number of nitrogens with one attached hydrogen (secondary N) is 2. The van der Waals surface area contributed by atoms with Gasteiger partial charge in [-0.1, -0.05) is 19.4 Å². The van der Waals surface area contributed by atoms with Crippen LogP contribution in [-0.2, 0) is 4.74 Å². The SMILES string of the molecule is CCCC(CCO)CN=C(NCC)NCC(c1cccs1)N1CCOCC1.I. The first kappa shape index (κ1) is 25.6. The van der Waals surface area contributed by atoms with Gasteiger partial charge in [0.15, 0.2) is 5.96 Å². The zero-order valence-electron chi connectivity index (χ0n) is 17.2. The Bertz CT molecular complexity index is 518. The largest absolute Gasteiger partial charge is 0.396 e. The predicted octanol–water partition coefficient (Wildman–Crippen LogP) is 3.09. The molecule has 28 heavy (non-hydrogen) atoms. The van der Waals surface area contributed by atoms with Crippen LogP contribution in [0.25, 0.3) is 0 Å². The predicted molar refractivity (Wildman–Crippen MR) is 129 cm³/mol. The number of hydrogen-bond acceptors (Lipinski definition) is 5. The zero-order valence-corrected chi connectivity index (χ0v) is 20.4. The highest BCUT2D eigenvalue weighted by molar-refractivity contribution is 14.0. The number of thiophene rings is 1. The lowest BCUT2D eigenvalue weighted by Crippen LogP contribution is -2.46. The molecule has 2 atom stereocenters. The second-order valence-electron chi connectivity index (χ2n) is 6.95. The third-order valence-electron chi connectivity index (χ3n) is 4.91. The number of guanidine groups is 1. The number of aliphatic hydroxyl groups is 1. The van der Waals surface area contributed by atoms with Gasteiger partial charge in [0.25, 0.3) is 0 Å². The summed E-state index contributed by atoms with van der Waals surface area (Å²) in [7, 11) is 0. The Morgan fingerprint density at radius 2 is 2.07 bits per heavy atom. The minimum atomic E-state index is 0. The highest BCUT2D eigenvalue weighted by atomic mass is 127. The summed E-state index contributed by atoms with van der Waals surface area (Å²) in [6.45, 7) is 10.5. The van der Waals surface area contributed by atoms with Crippen LogP contribution in [0, 0.1) is 5.92 Å². The van der Waals surface area contributed by atoms with E-state index in [2.05, 4.69) is 46.9 Å². The molecule has 0 bridgehead atoms. The van der Waals surface area contributed by atoms with Gasteiger partial charge in [-0.25, -0.2) is 0 Å². The topological polar surface area (TPSA) is 69.1 Å². The molecule has 1 aromatic heterocycles. The molecule has 0 spiro atoms. The van der Waals surface area contributed by atoms with E-state index in [1.54, 1.807) is 0 Å². The van der Waals surface area contributed by atoms with Crippen LogP contribution >= 0.6 is 35.3 Å². The molecule has 0 amide bonds. The van der Waals surface area contributed by atoms with Crippen molar-refractivity contribution in [1.29, 1.82) is 0 Å². The van der Waals surface area contributed by atoms with Gasteiger partial charge < -0.3 is 20.5 Å². The first-order valence-corrected chi connectivity index (χ1v) is 11.1. The van der Waals surface area contributed by atoms with Crippen molar-refractivity contribution in [2.45, 2.75) is 39.2 Å². The second kappa shape index (κ2) is 15.4. The fourth-order valence-corrected chi connectivity index (χ4v) is 4.31. The van der Waals surface area contributed by atoms with E-state index in [0.29, 0.717) is 12.0 Å². The van der Waals surface area contributed by atoms with Crippen molar-refractivity contribution in [3.63, 3.8) is 0 Å². The minimum Gasteiger partial charge on any atom is -0.396 e. The maximum Gasteiger partial charge on any atom is 0.191 e. The van der Waals surface area contributed by atoms with Gasteiger partial charge in [0, 0.05) is 44.2 Å². The molecule has 0 aromatic carbocycles. The van der Waals surface area contributed by atoms with Gasteiger partial charge in [-0.15, -0.1) is 35.3 Å². The van der Waals surface area contributed by atoms with Crippen molar-refractivity contribution < 1.29 is 9.84 Å². The molecule has 0 aliphatic carbocycles. The third kappa shape index (κ3) is 8.94. The first-order valence-electron chi connectivity index (χ1n) is 10.3. The zero-order chi connectivity index (χ0) is 19.3. The number of ether oxygens (including phenoxy) is 1. The second-order valence-corrected chi connectivity index (χ2v) is 7.93. The summed E-state index contributed by atoms with van der Waals surface area (Å²) in [5, 5.41) is 18.3. The lowest BCUT2D eigenvalue weighted by Gasteiger charge is -2.34. The Morgan fingerprint density at radius 3 is 2.68 bits per heavy atom. The summed E-state index contributed by atoms with van der Waals surface area (Å²) >= 11 is 1.81. The van der Waals surface area contributed by atoms with E-state index >= 15 is 0 Å². The van der Waals surface area contributed by atoms with Crippen LogP contribution < -0.4 is 10.6 Å². The molecule has 162 valence electrons. The maximum atomic E-state index is 9.26. The molecule has 1 fully saturated rings. The van der Waals surface area contributed by atoms with E-state index in [4.69, 9.17) is 9.73 Å². The summed E-state index contributed by atoms with van der Waals surface area (Å²) in [6.07, 6.45) is 3.05. The van der Waals surface area contributed by atoms with Gasteiger partial charge in [0.1, 0.15) is 0 Å². The van der Waals surface area contributed by atoms with E-state index < -0.39 is 0 Å². The summed E-state index contributed by atoms with van der Waals surface area (Å²) in [4.78, 5) is 8.67. The van der Waals surface area contributed by atoms with Crippen molar-refractivity contribution in [3.05, 3.63) is 22.4 Å².